The molecule has 0 radical (unpaired) electrons. The third kappa shape index (κ3) is 3.24. The van der Waals surface area contributed by atoms with Crippen LogP contribution in [-0.4, -0.2) is 6.61 Å². The maximum absolute atomic E-state index is 12.9. The van der Waals surface area contributed by atoms with Crippen LogP contribution in [0.1, 0.15) is 44.6 Å². The summed E-state index contributed by atoms with van der Waals surface area (Å²) in [4.78, 5) is 0. The number of benzene rings is 2. The van der Waals surface area contributed by atoms with E-state index in [0.29, 0.717) is 5.75 Å². The van der Waals surface area contributed by atoms with Crippen LogP contribution in [0.5, 0.6) is 5.75 Å². The third-order valence-corrected chi connectivity index (χ3v) is 4.97. The van der Waals surface area contributed by atoms with Crippen molar-refractivity contribution in [2.24, 2.45) is 5.41 Å². The number of ether oxygens (including phenoxy) is 1. The van der Waals surface area contributed by atoms with Crippen molar-refractivity contribution in [3.8, 4) is 16.9 Å². The molecule has 1 aliphatic carbocycles. The predicted molar refractivity (Wildman–Crippen MR) is 88.9 cm³/mol. The summed E-state index contributed by atoms with van der Waals surface area (Å²) in [5, 5.41) is 0. The second-order valence-corrected chi connectivity index (χ2v) is 6.90. The summed E-state index contributed by atoms with van der Waals surface area (Å²) in [5.74, 6) is 0.550. The van der Waals surface area contributed by atoms with Gasteiger partial charge in [0.05, 0.1) is 0 Å². The molecule has 23 heavy (non-hydrogen) atoms. The molecule has 2 aromatic rings. The molecule has 3 heteroatoms. The van der Waals surface area contributed by atoms with Gasteiger partial charge in [-0.15, -0.1) is 0 Å². The molecule has 1 atom stereocenters. The number of rotatable bonds is 4. The van der Waals surface area contributed by atoms with Crippen molar-refractivity contribution in [3.63, 3.8) is 0 Å². The molecule has 3 rings (SSSR count). The Morgan fingerprint density at radius 1 is 1.04 bits per heavy atom. The molecule has 1 nitrogen and oxygen atoms in total. The van der Waals surface area contributed by atoms with Crippen molar-refractivity contribution in [1.29, 1.82) is 0 Å². The smallest absolute Gasteiger partial charge is 0.387 e. The first-order chi connectivity index (χ1) is 11.0. The van der Waals surface area contributed by atoms with Gasteiger partial charge in [-0.25, -0.2) is 0 Å². The largest absolute Gasteiger partial charge is 0.435 e. The average molecular weight is 316 g/mol. The molecule has 2 aromatic carbocycles. The molecule has 0 amide bonds. The van der Waals surface area contributed by atoms with Gasteiger partial charge < -0.3 is 4.74 Å². The maximum atomic E-state index is 12.9. The SMILES string of the molecule is CC1(C)CCC[C@@H]1c1c(OC(F)F)cccc1-c1ccccc1. The van der Waals surface area contributed by atoms with Gasteiger partial charge in [0.25, 0.3) is 0 Å². The predicted octanol–water partition coefficient (Wildman–Crippen LogP) is 6.25. The van der Waals surface area contributed by atoms with Crippen LogP contribution in [0.4, 0.5) is 8.78 Å². The average Bonchev–Trinajstić information content (AvgIpc) is 2.86. The van der Waals surface area contributed by atoms with Crippen LogP contribution in [0.25, 0.3) is 11.1 Å². The second-order valence-electron chi connectivity index (χ2n) is 6.90. The zero-order chi connectivity index (χ0) is 16.4. The molecule has 0 unspecified atom stereocenters. The Hall–Kier alpha value is -1.90. The van der Waals surface area contributed by atoms with Crippen LogP contribution in [0.2, 0.25) is 0 Å². The van der Waals surface area contributed by atoms with E-state index >= 15 is 0 Å². The number of hydrogen-bond donors (Lipinski definition) is 0. The van der Waals surface area contributed by atoms with Crippen LogP contribution in [0.3, 0.4) is 0 Å². The lowest BCUT2D eigenvalue weighted by molar-refractivity contribution is -0.0508. The first-order valence-electron chi connectivity index (χ1n) is 8.12. The van der Waals surface area contributed by atoms with Gasteiger partial charge >= 0.3 is 6.61 Å². The first kappa shape index (κ1) is 16.0. The Labute approximate surface area is 136 Å². The molecule has 1 aliphatic rings. The number of halogens is 2. The van der Waals surface area contributed by atoms with Gasteiger partial charge in [0.1, 0.15) is 5.75 Å². The zero-order valence-corrected chi connectivity index (χ0v) is 13.6. The van der Waals surface area contributed by atoms with Crippen molar-refractivity contribution in [2.75, 3.05) is 0 Å². The quantitative estimate of drug-likeness (QED) is 0.648. The third-order valence-electron chi connectivity index (χ3n) is 4.97. The van der Waals surface area contributed by atoms with E-state index in [0.717, 1.165) is 36.0 Å². The highest BCUT2D eigenvalue weighted by molar-refractivity contribution is 5.71. The lowest BCUT2D eigenvalue weighted by Gasteiger charge is -2.30. The van der Waals surface area contributed by atoms with Crippen molar-refractivity contribution >= 4 is 0 Å². The van der Waals surface area contributed by atoms with E-state index in [9.17, 15) is 8.78 Å². The van der Waals surface area contributed by atoms with E-state index in [1.807, 2.05) is 36.4 Å². The molecule has 0 aliphatic heterocycles. The summed E-state index contributed by atoms with van der Waals surface area (Å²) in [7, 11) is 0. The number of alkyl halides is 2. The Bertz CT molecular complexity index is 665. The van der Waals surface area contributed by atoms with Crippen molar-refractivity contribution < 1.29 is 13.5 Å². The summed E-state index contributed by atoms with van der Waals surface area (Å²) >= 11 is 0. The molecule has 1 saturated carbocycles. The molecule has 1 fully saturated rings. The van der Waals surface area contributed by atoms with E-state index in [1.165, 1.54) is 0 Å². The van der Waals surface area contributed by atoms with Crippen molar-refractivity contribution in [1.82, 2.24) is 0 Å². The Morgan fingerprint density at radius 2 is 1.78 bits per heavy atom. The van der Waals surface area contributed by atoms with Gasteiger partial charge in [0, 0.05) is 5.56 Å². The highest BCUT2D eigenvalue weighted by Gasteiger charge is 2.38. The van der Waals surface area contributed by atoms with Crippen molar-refractivity contribution in [3.05, 3.63) is 54.1 Å². The van der Waals surface area contributed by atoms with E-state index < -0.39 is 6.61 Å². The lowest BCUT2D eigenvalue weighted by Crippen LogP contribution is -2.18. The monoisotopic (exact) mass is 316 g/mol. The molecule has 0 bridgehead atoms. The fourth-order valence-corrected chi connectivity index (χ4v) is 3.83. The van der Waals surface area contributed by atoms with Gasteiger partial charge in [0.2, 0.25) is 0 Å². The van der Waals surface area contributed by atoms with Crippen LogP contribution in [-0.2, 0) is 0 Å². The summed E-state index contributed by atoms with van der Waals surface area (Å²) in [6, 6.07) is 15.4. The summed E-state index contributed by atoms with van der Waals surface area (Å²) < 4.78 is 30.7. The molecule has 0 N–H and O–H groups in total. The van der Waals surface area contributed by atoms with E-state index in [1.54, 1.807) is 12.1 Å². The summed E-state index contributed by atoms with van der Waals surface area (Å²) in [6.45, 7) is 1.64. The first-order valence-corrected chi connectivity index (χ1v) is 8.12. The van der Waals surface area contributed by atoms with E-state index in [-0.39, 0.29) is 11.3 Å². The summed E-state index contributed by atoms with van der Waals surface area (Å²) in [5.41, 5.74) is 3.07. The minimum Gasteiger partial charge on any atom is -0.435 e. The minimum absolute atomic E-state index is 0.0884. The van der Waals surface area contributed by atoms with Gasteiger partial charge in [-0.3, -0.25) is 0 Å². The van der Waals surface area contributed by atoms with Crippen LogP contribution >= 0.6 is 0 Å². The highest BCUT2D eigenvalue weighted by atomic mass is 19.3. The fourth-order valence-electron chi connectivity index (χ4n) is 3.83. The normalized spacial score (nSPS) is 20.0. The Balaban J connectivity index is 2.16. The molecule has 122 valence electrons. The van der Waals surface area contributed by atoms with Crippen LogP contribution < -0.4 is 4.74 Å². The molecular weight excluding hydrogens is 294 g/mol. The van der Waals surface area contributed by atoms with E-state index in [4.69, 9.17) is 4.74 Å². The standard InChI is InChI=1S/C20H22F2O/c1-20(2)13-7-11-16(20)18-15(14-8-4-3-5-9-14)10-6-12-17(18)23-19(21)22/h3-6,8-10,12,16,19H,7,11,13H2,1-2H3/t16-/m1/s1. The Morgan fingerprint density at radius 3 is 2.39 bits per heavy atom. The van der Waals surface area contributed by atoms with Gasteiger partial charge in [-0.2, -0.15) is 8.78 Å². The van der Waals surface area contributed by atoms with Crippen LogP contribution in [0, 0.1) is 5.41 Å². The maximum Gasteiger partial charge on any atom is 0.387 e. The Kier molecular flexibility index (Phi) is 4.38. The molecule has 0 aromatic heterocycles. The molecule has 0 saturated heterocycles. The molecular formula is C20H22F2O. The fraction of sp³-hybridized carbons (Fsp3) is 0.400. The zero-order valence-electron chi connectivity index (χ0n) is 13.6. The lowest BCUT2D eigenvalue weighted by atomic mass is 9.75. The van der Waals surface area contributed by atoms with Crippen LogP contribution in [0.15, 0.2) is 48.5 Å². The van der Waals surface area contributed by atoms with Gasteiger partial charge in [-0.05, 0) is 41.4 Å². The topological polar surface area (TPSA) is 9.23 Å². The molecule has 0 heterocycles. The minimum atomic E-state index is -2.80. The molecule has 0 spiro atoms. The number of hydrogen-bond acceptors (Lipinski definition) is 1. The van der Waals surface area contributed by atoms with Gasteiger partial charge in [0.15, 0.2) is 0 Å². The summed E-state index contributed by atoms with van der Waals surface area (Å²) in [6.07, 6.45) is 3.24. The van der Waals surface area contributed by atoms with Crippen molar-refractivity contribution in [2.45, 2.75) is 45.6 Å². The van der Waals surface area contributed by atoms with Gasteiger partial charge in [-0.1, -0.05) is 62.7 Å². The second kappa shape index (κ2) is 6.31. The van der Waals surface area contributed by atoms with E-state index in [2.05, 4.69) is 13.8 Å². The highest BCUT2D eigenvalue weighted by Crippen LogP contribution is 2.53.